The molecular formula is C21H21N5O5S. The molecule has 0 saturated carbocycles. The Morgan fingerprint density at radius 2 is 2.09 bits per heavy atom. The number of nitrogens with zero attached hydrogens (tertiary/aromatic N) is 3. The van der Waals surface area contributed by atoms with Gasteiger partial charge in [0.05, 0.1) is 31.2 Å². The number of carbonyl (C=O) groups is 3. The smallest absolute Gasteiger partial charge is 0.337 e. The Hall–Kier alpha value is -3.86. The molecule has 0 radical (unpaired) electrons. The second-order valence-corrected chi connectivity index (χ2v) is 7.31. The van der Waals surface area contributed by atoms with Crippen LogP contribution in [-0.2, 0) is 22.6 Å². The van der Waals surface area contributed by atoms with Crippen LogP contribution in [0.2, 0.25) is 0 Å². The van der Waals surface area contributed by atoms with Crippen LogP contribution in [0.5, 0.6) is 0 Å². The Bertz CT molecular complexity index is 1110. The molecule has 0 bridgehead atoms. The van der Waals surface area contributed by atoms with E-state index in [0.717, 1.165) is 0 Å². The van der Waals surface area contributed by atoms with E-state index in [1.807, 2.05) is 0 Å². The average Bonchev–Trinajstić information content (AvgIpc) is 3.47. The highest BCUT2D eigenvalue weighted by Crippen LogP contribution is 2.19. The number of ether oxygens (including phenoxy) is 1. The van der Waals surface area contributed by atoms with Gasteiger partial charge in [0.25, 0.3) is 5.91 Å². The van der Waals surface area contributed by atoms with Gasteiger partial charge in [-0.3, -0.25) is 9.59 Å². The number of allylic oxidation sites excluding steroid dienone is 1. The number of hydrogen-bond acceptors (Lipinski definition) is 8. The Morgan fingerprint density at radius 1 is 1.25 bits per heavy atom. The molecule has 3 rings (SSSR count). The van der Waals surface area contributed by atoms with Gasteiger partial charge in [0.1, 0.15) is 0 Å². The number of anilines is 1. The van der Waals surface area contributed by atoms with Crippen LogP contribution < -0.4 is 10.6 Å². The number of esters is 1. The van der Waals surface area contributed by atoms with Gasteiger partial charge in [-0.15, -0.1) is 16.8 Å². The van der Waals surface area contributed by atoms with E-state index in [0.29, 0.717) is 28.8 Å². The Kier molecular flexibility index (Phi) is 7.81. The van der Waals surface area contributed by atoms with E-state index in [-0.39, 0.29) is 29.9 Å². The Balaban J connectivity index is 1.59. The molecule has 0 atom stereocenters. The van der Waals surface area contributed by atoms with E-state index in [1.165, 1.54) is 31.2 Å². The van der Waals surface area contributed by atoms with E-state index in [9.17, 15) is 14.4 Å². The van der Waals surface area contributed by atoms with Crippen molar-refractivity contribution in [1.82, 2.24) is 20.1 Å². The highest BCUT2D eigenvalue weighted by molar-refractivity contribution is 7.99. The molecule has 0 aliphatic rings. The monoisotopic (exact) mass is 455 g/mol. The van der Waals surface area contributed by atoms with Crippen molar-refractivity contribution in [3.63, 3.8) is 0 Å². The van der Waals surface area contributed by atoms with Crippen LogP contribution in [0.15, 0.2) is 64.9 Å². The van der Waals surface area contributed by atoms with Crippen molar-refractivity contribution in [2.75, 3.05) is 18.2 Å². The van der Waals surface area contributed by atoms with Gasteiger partial charge in [0.15, 0.2) is 16.7 Å². The van der Waals surface area contributed by atoms with Crippen LogP contribution in [-0.4, -0.2) is 45.4 Å². The molecule has 0 spiro atoms. The fourth-order valence-electron chi connectivity index (χ4n) is 2.69. The third-order valence-electron chi connectivity index (χ3n) is 4.16. The number of rotatable bonds is 10. The second-order valence-electron chi connectivity index (χ2n) is 6.37. The quantitative estimate of drug-likeness (QED) is 0.271. The molecular weight excluding hydrogens is 434 g/mol. The van der Waals surface area contributed by atoms with E-state index in [1.54, 1.807) is 41.0 Å². The summed E-state index contributed by atoms with van der Waals surface area (Å²) < 4.78 is 11.5. The third kappa shape index (κ3) is 5.85. The predicted molar refractivity (Wildman–Crippen MR) is 117 cm³/mol. The second kappa shape index (κ2) is 11.0. The molecule has 10 nitrogen and oxygen atoms in total. The lowest BCUT2D eigenvalue weighted by molar-refractivity contribution is -0.113. The molecule has 2 aromatic heterocycles. The van der Waals surface area contributed by atoms with Crippen LogP contribution in [0.1, 0.15) is 26.7 Å². The van der Waals surface area contributed by atoms with E-state index in [2.05, 4.69) is 32.1 Å². The Labute approximate surface area is 188 Å². The minimum absolute atomic E-state index is 0.0660. The molecule has 2 heterocycles. The number of nitrogens with one attached hydrogen (secondary N) is 2. The summed E-state index contributed by atoms with van der Waals surface area (Å²) in [7, 11) is 1.29. The highest BCUT2D eigenvalue weighted by atomic mass is 32.2. The van der Waals surface area contributed by atoms with Crippen molar-refractivity contribution in [2.24, 2.45) is 0 Å². The molecule has 3 aromatic rings. The summed E-state index contributed by atoms with van der Waals surface area (Å²) in [6.07, 6.45) is 3.09. The molecule has 0 fully saturated rings. The van der Waals surface area contributed by atoms with E-state index >= 15 is 0 Å². The average molecular weight is 455 g/mol. The predicted octanol–water partition coefficient (Wildman–Crippen LogP) is 2.50. The number of thioether (sulfide) groups is 1. The maximum absolute atomic E-state index is 12.4. The van der Waals surface area contributed by atoms with Crippen LogP contribution in [0.4, 0.5) is 5.69 Å². The summed E-state index contributed by atoms with van der Waals surface area (Å²) in [6.45, 7) is 4.27. The lowest BCUT2D eigenvalue weighted by Gasteiger charge is -2.09. The van der Waals surface area contributed by atoms with Crippen molar-refractivity contribution in [1.29, 1.82) is 0 Å². The van der Waals surface area contributed by atoms with Crippen molar-refractivity contribution < 1.29 is 23.5 Å². The molecule has 2 amide bonds. The number of aromatic nitrogens is 3. The third-order valence-corrected chi connectivity index (χ3v) is 5.12. The fraction of sp³-hybridized carbons (Fsp3) is 0.190. The van der Waals surface area contributed by atoms with E-state index < -0.39 is 5.97 Å². The number of carbonyl (C=O) groups excluding carboxylic acids is 3. The number of hydrogen-bond donors (Lipinski definition) is 2. The van der Waals surface area contributed by atoms with Crippen molar-refractivity contribution in [3.8, 4) is 0 Å². The lowest BCUT2D eigenvalue weighted by Crippen LogP contribution is -2.24. The van der Waals surface area contributed by atoms with Crippen LogP contribution in [0, 0.1) is 0 Å². The van der Waals surface area contributed by atoms with Crippen molar-refractivity contribution in [2.45, 2.75) is 18.2 Å². The first-order valence-electron chi connectivity index (χ1n) is 9.47. The number of methoxy groups -OCH3 is 1. The summed E-state index contributed by atoms with van der Waals surface area (Å²) in [5.41, 5.74) is 0.817. The zero-order valence-corrected chi connectivity index (χ0v) is 18.1. The number of amides is 2. The molecule has 0 aliphatic carbocycles. The molecule has 166 valence electrons. The maximum Gasteiger partial charge on any atom is 0.337 e. The SMILES string of the molecule is C=CCn1c(CNC(=O)c2ccco2)nnc1SCC(=O)Nc1cccc(C(=O)OC)c1. The standard InChI is InChI=1S/C21H21N5O5S/c1-3-9-26-17(12-22-19(28)16-8-5-10-31-16)24-25-21(26)32-13-18(27)23-15-7-4-6-14(11-15)20(29)30-2/h3-8,10-11H,1,9,12-13H2,2H3,(H,22,28)(H,23,27). The van der Waals surface area contributed by atoms with Crippen molar-refractivity contribution >= 4 is 35.2 Å². The molecule has 1 aromatic carbocycles. The van der Waals surface area contributed by atoms with Gasteiger partial charge in [-0.1, -0.05) is 23.9 Å². The van der Waals surface area contributed by atoms with E-state index in [4.69, 9.17) is 4.42 Å². The van der Waals surface area contributed by atoms with Gasteiger partial charge < -0.3 is 24.4 Å². The number of benzene rings is 1. The normalized spacial score (nSPS) is 10.4. The van der Waals surface area contributed by atoms with Crippen LogP contribution >= 0.6 is 11.8 Å². The van der Waals surface area contributed by atoms with Gasteiger partial charge in [0.2, 0.25) is 5.91 Å². The van der Waals surface area contributed by atoms with Gasteiger partial charge >= 0.3 is 5.97 Å². The summed E-state index contributed by atoms with van der Waals surface area (Å²) in [5.74, 6) is -0.361. The summed E-state index contributed by atoms with van der Waals surface area (Å²) >= 11 is 1.19. The summed E-state index contributed by atoms with van der Waals surface area (Å²) in [4.78, 5) is 36.1. The lowest BCUT2D eigenvalue weighted by atomic mass is 10.2. The van der Waals surface area contributed by atoms with Gasteiger partial charge in [-0.25, -0.2) is 4.79 Å². The minimum atomic E-state index is -0.486. The first-order valence-corrected chi connectivity index (χ1v) is 10.5. The summed E-state index contributed by atoms with van der Waals surface area (Å²) in [6, 6.07) is 9.65. The Morgan fingerprint density at radius 3 is 2.81 bits per heavy atom. The minimum Gasteiger partial charge on any atom is -0.465 e. The zero-order valence-electron chi connectivity index (χ0n) is 17.2. The topological polar surface area (TPSA) is 128 Å². The fourth-order valence-corrected chi connectivity index (χ4v) is 3.46. The van der Waals surface area contributed by atoms with Crippen LogP contribution in [0.3, 0.4) is 0 Å². The summed E-state index contributed by atoms with van der Waals surface area (Å²) in [5, 5.41) is 14.2. The first kappa shape index (κ1) is 22.8. The van der Waals surface area contributed by atoms with Gasteiger partial charge in [0, 0.05) is 12.2 Å². The van der Waals surface area contributed by atoms with Gasteiger partial charge in [-0.2, -0.15) is 0 Å². The molecule has 11 heteroatoms. The molecule has 0 unspecified atom stereocenters. The van der Waals surface area contributed by atoms with Gasteiger partial charge in [-0.05, 0) is 30.3 Å². The zero-order chi connectivity index (χ0) is 22.9. The van der Waals surface area contributed by atoms with Crippen molar-refractivity contribution in [3.05, 3.63) is 72.5 Å². The molecule has 0 saturated heterocycles. The number of furan rings is 1. The van der Waals surface area contributed by atoms with Crippen LogP contribution in [0.25, 0.3) is 0 Å². The molecule has 0 aliphatic heterocycles. The molecule has 32 heavy (non-hydrogen) atoms. The highest BCUT2D eigenvalue weighted by Gasteiger charge is 2.16. The first-order chi connectivity index (χ1) is 15.5. The molecule has 2 N–H and O–H groups in total. The maximum atomic E-state index is 12.4. The largest absolute Gasteiger partial charge is 0.465 e.